The Kier molecular flexibility index (Phi) is 3.94. The van der Waals surface area contributed by atoms with Gasteiger partial charge in [0.05, 0.1) is 24.3 Å². The van der Waals surface area contributed by atoms with Crippen LogP contribution >= 0.6 is 0 Å². The lowest BCUT2D eigenvalue weighted by Gasteiger charge is -2.28. The van der Waals surface area contributed by atoms with Gasteiger partial charge in [0.25, 0.3) is 11.8 Å². The van der Waals surface area contributed by atoms with E-state index in [2.05, 4.69) is 0 Å². The first-order valence-electron chi connectivity index (χ1n) is 7.37. The van der Waals surface area contributed by atoms with Crippen LogP contribution in [0.1, 0.15) is 27.6 Å². The van der Waals surface area contributed by atoms with Crippen LogP contribution < -0.4 is 0 Å². The number of carbonyl (C=O) groups excluding carboxylic acids is 3. The van der Waals surface area contributed by atoms with Crippen molar-refractivity contribution < 1.29 is 24.2 Å². The van der Waals surface area contributed by atoms with Gasteiger partial charge in [-0.15, -0.1) is 0 Å². The van der Waals surface area contributed by atoms with Crippen molar-refractivity contribution in [1.29, 1.82) is 0 Å². The Bertz CT molecular complexity index is 861. The molecule has 2 aromatic carbocycles. The molecule has 1 aliphatic rings. The van der Waals surface area contributed by atoms with E-state index in [1.807, 2.05) is 0 Å². The Hall–Kier alpha value is -2.93. The van der Waals surface area contributed by atoms with E-state index in [0.717, 1.165) is 10.0 Å². The van der Waals surface area contributed by atoms with E-state index in [0.29, 0.717) is 10.8 Å². The number of nitrogens with zero attached hydrogens (tertiary/aromatic N) is 2. The summed E-state index contributed by atoms with van der Waals surface area (Å²) in [5, 5.41) is 13.0. The zero-order valence-electron chi connectivity index (χ0n) is 13.3. The summed E-state index contributed by atoms with van der Waals surface area (Å²) in [6.07, 6.45) is 0. The number of phenols is 1. The fourth-order valence-electron chi connectivity index (χ4n) is 2.86. The molecular formula is C17H16N2O5. The molecule has 3 amide bonds. The van der Waals surface area contributed by atoms with Crippen molar-refractivity contribution in [2.45, 2.75) is 6.92 Å². The highest BCUT2D eigenvalue weighted by Gasteiger charge is 2.42. The van der Waals surface area contributed by atoms with E-state index in [-0.39, 0.29) is 30.0 Å². The highest BCUT2D eigenvalue weighted by atomic mass is 16.5. The minimum absolute atomic E-state index is 0.0707. The molecule has 0 bridgehead atoms. The monoisotopic (exact) mass is 328 g/mol. The zero-order valence-corrected chi connectivity index (χ0v) is 13.3. The highest BCUT2D eigenvalue weighted by molar-refractivity contribution is 6.27. The lowest BCUT2D eigenvalue weighted by atomic mass is 9.99. The van der Waals surface area contributed by atoms with Crippen LogP contribution in [-0.2, 0) is 9.53 Å². The van der Waals surface area contributed by atoms with Gasteiger partial charge in [0, 0.05) is 19.4 Å². The summed E-state index contributed by atoms with van der Waals surface area (Å²) >= 11 is 0. The summed E-state index contributed by atoms with van der Waals surface area (Å²) in [5.41, 5.74) is 0.275. The van der Waals surface area contributed by atoms with Crippen LogP contribution in [0.5, 0.6) is 5.75 Å². The summed E-state index contributed by atoms with van der Waals surface area (Å²) in [7, 11) is 1.46. The van der Waals surface area contributed by atoms with Gasteiger partial charge in [-0.2, -0.15) is 5.01 Å². The molecule has 7 heteroatoms. The molecule has 2 aromatic rings. The maximum absolute atomic E-state index is 12.8. The standard InChI is InChI=1S/C17H16N2O5/c1-10(20)18(7-8-24-2)19-16(22)13-9-14(21)11-5-3-4-6-12(11)15(13)17(19)23/h3-6,9,21H,7-8H2,1-2H3. The van der Waals surface area contributed by atoms with E-state index in [1.54, 1.807) is 24.3 Å². The van der Waals surface area contributed by atoms with Gasteiger partial charge in [-0.3, -0.25) is 14.4 Å². The maximum Gasteiger partial charge on any atom is 0.281 e. The molecule has 1 aliphatic heterocycles. The normalized spacial score (nSPS) is 13.5. The molecule has 124 valence electrons. The number of rotatable bonds is 4. The molecule has 0 saturated carbocycles. The van der Waals surface area contributed by atoms with Crippen molar-refractivity contribution >= 4 is 28.5 Å². The lowest BCUT2D eigenvalue weighted by Crippen LogP contribution is -2.50. The fraction of sp³-hybridized carbons (Fsp3) is 0.235. The summed E-state index contributed by atoms with van der Waals surface area (Å²) in [4.78, 5) is 37.4. The molecule has 24 heavy (non-hydrogen) atoms. The number of phenolic OH excluding ortho intramolecular Hbond substituents is 1. The number of hydrazine groups is 1. The zero-order chi connectivity index (χ0) is 17.4. The Morgan fingerprint density at radius 1 is 1.21 bits per heavy atom. The van der Waals surface area contributed by atoms with Crippen molar-refractivity contribution in [2.24, 2.45) is 0 Å². The van der Waals surface area contributed by atoms with Crippen molar-refractivity contribution in [3.63, 3.8) is 0 Å². The van der Waals surface area contributed by atoms with Crippen molar-refractivity contribution in [3.8, 4) is 5.75 Å². The van der Waals surface area contributed by atoms with Crippen LogP contribution in [0.4, 0.5) is 0 Å². The molecule has 0 radical (unpaired) electrons. The Morgan fingerprint density at radius 2 is 1.88 bits per heavy atom. The van der Waals surface area contributed by atoms with Crippen LogP contribution in [0.15, 0.2) is 30.3 Å². The van der Waals surface area contributed by atoms with Crippen molar-refractivity contribution in [1.82, 2.24) is 10.0 Å². The first kappa shape index (κ1) is 15.9. The number of methoxy groups -OCH3 is 1. The van der Waals surface area contributed by atoms with Crippen LogP contribution in [0.2, 0.25) is 0 Å². The number of amides is 3. The molecule has 0 aliphatic carbocycles. The number of ether oxygens (including phenoxy) is 1. The van der Waals surface area contributed by atoms with Crippen LogP contribution in [0.3, 0.4) is 0 Å². The predicted octanol–water partition coefficient (Wildman–Crippen LogP) is 1.55. The Labute approximate surface area is 138 Å². The molecule has 0 fully saturated rings. The molecule has 0 unspecified atom stereocenters. The largest absolute Gasteiger partial charge is 0.507 e. The molecule has 0 aromatic heterocycles. The smallest absolute Gasteiger partial charge is 0.281 e. The molecular weight excluding hydrogens is 312 g/mol. The van der Waals surface area contributed by atoms with Gasteiger partial charge in [-0.1, -0.05) is 24.3 Å². The predicted molar refractivity (Wildman–Crippen MR) is 85.4 cm³/mol. The van der Waals surface area contributed by atoms with Crippen LogP contribution in [0.25, 0.3) is 10.8 Å². The van der Waals surface area contributed by atoms with Gasteiger partial charge < -0.3 is 9.84 Å². The van der Waals surface area contributed by atoms with E-state index >= 15 is 0 Å². The summed E-state index contributed by atoms with van der Waals surface area (Å²) < 4.78 is 4.94. The van der Waals surface area contributed by atoms with E-state index in [9.17, 15) is 19.5 Å². The number of hydrogen-bond donors (Lipinski definition) is 1. The summed E-state index contributed by atoms with van der Waals surface area (Å²) in [6.45, 7) is 1.52. The van der Waals surface area contributed by atoms with Gasteiger partial charge in [0.2, 0.25) is 5.91 Å². The van der Waals surface area contributed by atoms with Gasteiger partial charge in [-0.05, 0) is 11.5 Å². The average Bonchev–Trinajstić information content (AvgIpc) is 2.80. The number of benzene rings is 2. The number of fused-ring (bicyclic) bond motifs is 3. The highest BCUT2D eigenvalue weighted by Crippen LogP contribution is 2.36. The SMILES string of the molecule is COCCN(C(C)=O)N1C(=O)c2cc(O)c3ccccc3c2C1=O. The molecule has 0 atom stereocenters. The van der Waals surface area contributed by atoms with Gasteiger partial charge in [0.1, 0.15) is 5.75 Å². The molecule has 0 saturated heterocycles. The van der Waals surface area contributed by atoms with Crippen molar-refractivity contribution in [2.75, 3.05) is 20.3 Å². The second kappa shape index (κ2) is 5.93. The third kappa shape index (κ3) is 2.30. The molecule has 1 heterocycles. The Morgan fingerprint density at radius 3 is 2.50 bits per heavy atom. The van der Waals surface area contributed by atoms with Crippen molar-refractivity contribution in [3.05, 3.63) is 41.5 Å². The van der Waals surface area contributed by atoms with E-state index in [1.165, 1.54) is 20.1 Å². The second-order valence-electron chi connectivity index (χ2n) is 5.42. The van der Waals surface area contributed by atoms with E-state index in [4.69, 9.17) is 4.74 Å². The summed E-state index contributed by atoms with van der Waals surface area (Å²) in [6, 6.07) is 8.05. The Balaban J connectivity index is 2.14. The number of aromatic hydroxyl groups is 1. The van der Waals surface area contributed by atoms with Gasteiger partial charge in [0.15, 0.2) is 0 Å². The first-order chi connectivity index (χ1) is 11.5. The molecule has 7 nitrogen and oxygen atoms in total. The molecule has 1 N–H and O–H groups in total. The van der Waals surface area contributed by atoms with Crippen LogP contribution in [-0.4, -0.2) is 53.1 Å². The third-order valence-electron chi connectivity index (χ3n) is 3.96. The quantitative estimate of drug-likeness (QED) is 0.861. The first-order valence-corrected chi connectivity index (χ1v) is 7.37. The number of imide groups is 1. The fourth-order valence-corrected chi connectivity index (χ4v) is 2.86. The molecule has 3 rings (SSSR count). The number of hydrogen-bond acceptors (Lipinski definition) is 5. The minimum Gasteiger partial charge on any atom is -0.507 e. The lowest BCUT2D eigenvalue weighted by molar-refractivity contribution is -0.140. The minimum atomic E-state index is -0.637. The van der Waals surface area contributed by atoms with Crippen LogP contribution in [0, 0.1) is 0 Å². The van der Waals surface area contributed by atoms with Gasteiger partial charge >= 0.3 is 0 Å². The van der Waals surface area contributed by atoms with E-state index < -0.39 is 17.7 Å². The summed E-state index contributed by atoms with van der Waals surface area (Å²) in [5.74, 6) is -1.76. The average molecular weight is 328 g/mol. The number of carbonyl (C=O) groups is 3. The third-order valence-corrected chi connectivity index (χ3v) is 3.96. The molecule has 0 spiro atoms. The topological polar surface area (TPSA) is 87.2 Å². The van der Waals surface area contributed by atoms with Gasteiger partial charge in [-0.25, -0.2) is 5.01 Å². The second-order valence-corrected chi connectivity index (χ2v) is 5.42. The maximum atomic E-state index is 12.8.